The Morgan fingerprint density at radius 2 is 1.81 bits per heavy atom. The van der Waals surface area contributed by atoms with Gasteiger partial charge >= 0.3 is 6.03 Å². The summed E-state index contributed by atoms with van der Waals surface area (Å²) < 4.78 is 0. The van der Waals surface area contributed by atoms with Gasteiger partial charge in [0.1, 0.15) is 0 Å². The molecule has 1 heterocycles. The minimum Gasteiger partial charge on any atom is -0.391 e. The zero-order valence-corrected chi connectivity index (χ0v) is 15.2. The van der Waals surface area contributed by atoms with Gasteiger partial charge in [-0.25, -0.2) is 4.79 Å². The average Bonchev–Trinajstić information content (AvgIpc) is 3.22. The number of hydrogen-bond donors (Lipinski definition) is 4. The van der Waals surface area contributed by atoms with E-state index < -0.39 is 6.10 Å². The van der Waals surface area contributed by atoms with Gasteiger partial charge in [0.25, 0.3) is 0 Å². The van der Waals surface area contributed by atoms with Gasteiger partial charge < -0.3 is 15.7 Å². The number of urea groups is 1. The van der Waals surface area contributed by atoms with Crippen LogP contribution in [0.3, 0.4) is 0 Å². The number of carbonyl (C=O) groups excluding carboxylic acids is 1. The van der Waals surface area contributed by atoms with Crippen molar-refractivity contribution in [3.05, 3.63) is 78.0 Å². The Bertz CT molecular complexity index is 832. The molecule has 0 spiro atoms. The second kappa shape index (κ2) is 9.00. The molecule has 0 saturated carbocycles. The molecule has 0 radical (unpaired) electrons. The molecule has 0 aliphatic heterocycles. The first-order chi connectivity index (χ1) is 13.1. The Labute approximate surface area is 158 Å². The zero-order valence-electron chi connectivity index (χ0n) is 15.2. The first-order valence-electron chi connectivity index (χ1n) is 8.97. The monoisotopic (exact) mass is 364 g/mol. The summed E-state index contributed by atoms with van der Waals surface area (Å²) in [6.07, 6.45) is 1.56. The molecule has 6 nitrogen and oxygen atoms in total. The Morgan fingerprint density at radius 1 is 1.07 bits per heavy atom. The summed E-state index contributed by atoms with van der Waals surface area (Å²) in [5.74, 6) is 0. The first kappa shape index (κ1) is 18.7. The van der Waals surface area contributed by atoms with Crippen molar-refractivity contribution in [2.45, 2.75) is 32.0 Å². The molecular weight excluding hydrogens is 340 g/mol. The number of rotatable bonds is 7. The van der Waals surface area contributed by atoms with Gasteiger partial charge in [-0.15, -0.1) is 0 Å². The quantitative estimate of drug-likeness (QED) is 0.520. The van der Waals surface area contributed by atoms with E-state index in [9.17, 15) is 9.90 Å². The Kier molecular flexibility index (Phi) is 6.22. The lowest BCUT2D eigenvalue weighted by molar-refractivity contribution is 0.136. The SMILES string of the molecule is CC(NC(=O)NCc1ccc(-c2ccn[nH]2)cc1)C(O)Cc1ccccc1. The van der Waals surface area contributed by atoms with Crippen LogP contribution >= 0.6 is 0 Å². The molecule has 2 amide bonds. The summed E-state index contributed by atoms with van der Waals surface area (Å²) in [6, 6.07) is 18.9. The number of benzene rings is 2. The number of hydrogen-bond acceptors (Lipinski definition) is 3. The van der Waals surface area contributed by atoms with Gasteiger partial charge in [0.05, 0.1) is 17.8 Å². The second-order valence-electron chi connectivity index (χ2n) is 6.54. The number of aromatic amines is 1. The predicted octanol–water partition coefficient (Wildman–Crippen LogP) is 2.87. The highest BCUT2D eigenvalue weighted by molar-refractivity contribution is 5.74. The van der Waals surface area contributed by atoms with Gasteiger partial charge in [-0.05, 0) is 29.7 Å². The molecule has 3 rings (SSSR count). The van der Waals surface area contributed by atoms with E-state index in [-0.39, 0.29) is 12.1 Å². The van der Waals surface area contributed by atoms with E-state index in [2.05, 4.69) is 20.8 Å². The maximum atomic E-state index is 12.1. The summed E-state index contributed by atoms with van der Waals surface area (Å²) in [4.78, 5) is 12.1. The van der Waals surface area contributed by atoms with Crippen molar-refractivity contribution in [2.24, 2.45) is 0 Å². The molecule has 140 valence electrons. The fourth-order valence-electron chi connectivity index (χ4n) is 2.79. The fraction of sp³-hybridized carbons (Fsp3) is 0.238. The van der Waals surface area contributed by atoms with Crippen molar-refractivity contribution < 1.29 is 9.90 Å². The number of nitrogens with zero attached hydrogens (tertiary/aromatic N) is 1. The molecule has 2 unspecified atom stereocenters. The standard InChI is InChI=1S/C21H24N4O2/c1-15(20(26)13-16-5-3-2-4-6-16)24-21(27)22-14-17-7-9-18(10-8-17)19-11-12-23-25-19/h2-12,15,20,26H,13-14H2,1H3,(H,23,25)(H2,22,24,27). The van der Waals surface area contributed by atoms with E-state index in [1.165, 1.54) is 0 Å². The number of aromatic nitrogens is 2. The summed E-state index contributed by atoms with van der Waals surface area (Å²) in [5.41, 5.74) is 4.02. The molecule has 6 heteroatoms. The van der Waals surface area contributed by atoms with Crippen LogP contribution < -0.4 is 10.6 Å². The zero-order chi connectivity index (χ0) is 19.1. The van der Waals surface area contributed by atoms with Crippen molar-refractivity contribution in [1.82, 2.24) is 20.8 Å². The highest BCUT2D eigenvalue weighted by atomic mass is 16.3. The predicted molar refractivity (Wildman–Crippen MR) is 105 cm³/mol. The fourth-order valence-corrected chi connectivity index (χ4v) is 2.79. The Morgan fingerprint density at radius 3 is 2.48 bits per heavy atom. The van der Waals surface area contributed by atoms with Crippen LogP contribution in [0.2, 0.25) is 0 Å². The summed E-state index contributed by atoms with van der Waals surface area (Å²) in [6.45, 7) is 2.21. The van der Waals surface area contributed by atoms with Gasteiger partial charge in [0, 0.05) is 19.2 Å². The van der Waals surface area contributed by atoms with Crippen molar-refractivity contribution in [3.8, 4) is 11.3 Å². The van der Waals surface area contributed by atoms with Gasteiger partial charge in [0.2, 0.25) is 0 Å². The Hall–Kier alpha value is -3.12. The molecule has 3 aromatic rings. The minimum atomic E-state index is -0.646. The minimum absolute atomic E-state index is 0.299. The van der Waals surface area contributed by atoms with Crippen molar-refractivity contribution >= 4 is 6.03 Å². The number of carbonyl (C=O) groups is 1. The summed E-state index contributed by atoms with van der Waals surface area (Å²) in [5, 5.41) is 22.7. The molecular formula is C21H24N4O2. The lowest BCUT2D eigenvalue weighted by Gasteiger charge is -2.20. The van der Waals surface area contributed by atoms with E-state index in [0.29, 0.717) is 13.0 Å². The lowest BCUT2D eigenvalue weighted by atomic mass is 10.0. The summed E-state index contributed by atoms with van der Waals surface area (Å²) >= 11 is 0. The largest absolute Gasteiger partial charge is 0.391 e. The molecule has 4 N–H and O–H groups in total. The van der Waals surface area contributed by atoms with E-state index in [1.807, 2.05) is 60.7 Å². The van der Waals surface area contributed by atoms with Crippen molar-refractivity contribution in [2.75, 3.05) is 0 Å². The molecule has 0 saturated heterocycles. The molecule has 0 aliphatic carbocycles. The van der Waals surface area contributed by atoms with Gasteiger partial charge in [-0.2, -0.15) is 5.10 Å². The smallest absolute Gasteiger partial charge is 0.315 e. The van der Waals surface area contributed by atoms with Crippen LogP contribution in [0.1, 0.15) is 18.1 Å². The van der Waals surface area contributed by atoms with E-state index in [4.69, 9.17) is 0 Å². The van der Waals surface area contributed by atoms with Crippen molar-refractivity contribution in [3.63, 3.8) is 0 Å². The molecule has 27 heavy (non-hydrogen) atoms. The molecule has 0 bridgehead atoms. The normalized spacial score (nSPS) is 13.0. The van der Waals surface area contributed by atoms with Crippen LogP contribution in [0.4, 0.5) is 4.79 Å². The number of aliphatic hydroxyl groups excluding tert-OH is 1. The van der Waals surface area contributed by atoms with Crippen LogP contribution in [0.5, 0.6) is 0 Å². The Balaban J connectivity index is 1.45. The third kappa shape index (κ3) is 5.43. The summed E-state index contributed by atoms with van der Waals surface area (Å²) in [7, 11) is 0. The van der Waals surface area contributed by atoms with E-state index >= 15 is 0 Å². The van der Waals surface area contributed by atoms with Crippen LogP contribution in [0, 0.1) is 0 Å². The van der Waals surface area contributed by atoms with E-state index in [0.717, 1.165) is 22.4 Å². The maximum Gasteiger partial charge on any atom is 0.315 e. The molecule has 0 fully saturated rings. The topological polar surface area (TPSA) is 90.0 Å². The van der Waals surface area contributed by atoms with Crippen LogP contribution in [0.25, 0.3) is 11.3 Å². The van der Waals surface area contributed by atoms with Crippen LogP contribution in [-0.4, -0.2) is 33.5 Å². The van der Waals surface area contributed by atoms with Gasteiger partial charge in [-0.3, -0.25) is 5.10 Å². The number of aliphatic hydroxyl groups is 1. The molecule has 1 aromatic heterocycles. The first-order valence-corrected chi connectivity index (χ1v) is 8.97. The highest BCUT2D eigenvalue weighted by Gasteiger charge is 2.16. The van der Waals surface area contributed by atoms with Crippen LogP contribution in [-0.2, 0) is 13.0 Å². The molecule has 0 aliphatic rings. The number of nitrogens with one attached hydrogen (secondary N) is 3. The average molecular weight is 364 g/mol. The number of H-pyrrole nitrogens is 1. The van der Waals surface area contributed by atoms with Crippen LogP contribution in [0.15, 0.2) is 66.9 Å². The maximum absolute atomic E-state index is 12.1. The number of amides is 2. The molecule has 2 aromatic carbocycles. The third-order valence-electron chi connectivity index (χ3n) is 4.44. The van der Waals surface area contributed by atoms with Crippen molar-refractivity contribution in [1.29, 1.82) is 0 Å². The van der Waals surface area contributed by atoms with E-state index in [1.54, 1.807) is 13.1 Å². The van der Waals surface area contributed by atoms with Gasteiger partial charge in [0.15, 0.2) is 0 Å². The lowest BCUT2D eigenvalue weighted by Crippen LogP contribution is -2.46. The highest BCUT2D eigenvalue weighted by Crippen LogP contribution is 2.16. The third-order valence-corrected chi connectivity index (χ3v) is 4.44. The molecule has 2 atom stereocenters. The second-order valence-corrected chi connectivity index (χ2v) is 6.54. The van der Waals surface area contributed by atoms with Gasteiger partial charge in [-0.1, -0.05) is 54.6 Å².